The summed E-state index contributed by atoms with van der Waals surface area (Å²) >= 11 is 0. The molecule has 5 heteroatoms. The average Bonchev–Trinajstić information content (AvgIpc) is 3.03. The van der Waals surface area contributed by atoms with Gasteiger partial charge in [0.15, 0.2) is 0 Å². The summed E-state index contributed by atoms with van der Waals surface area (Å²) in [6.07, 6.45) is 1.92. The third-order valence-corrected chi connectivity index (χ3v) is 4.45. The number of nitrogens with zero attached hydrogens (tertiary/aromatic N) is 1. The van der Waals surface area contributed by atoms with Crippen molar-refractivity contribution in [1.29, 1.82) is 0 Å². The van der Waals surface area contributed by atoms with E-state index in [4.69, 9.17) is 5.73 Å². The smallest absolute Gasteiger partial charge is 0.254 e. The molecule has 3 rings (SSSR count). The lowest BCUT2D eigenvalue weighted by Crippen LogP contribution is -2.36. The van der Waals surface area contributed by atoms with Gasteiger partial charge in [-0.3, -0.25) is 4.79 Å². The first-order valence-corrected chi connectivity index (χ1v) is 8.04. The van der Waals surface area contributed by atoms with Gasteiger partial charge in [0, 0.05) is 23.8 Å². The normalized spacial score (nSPS) is 18.0. The summed E-state index contributed by atoms with van der Waals surface area (Å²) in [4.78, 5) is 14.6. The van der Waals surface area contributed by atoms with Crippen LogP contribution in [-0.4, -0.2) is 28.5 Å². The van der Waals surface area contributed by atoms with Crippen molar-refractivity contribution in [3.63, 3.8) is 0 Å². The van der Waals surface area contributed by atoms with E-state index in [0.29, 0.717) is 17.7 Å². The summed E-state index contributed by atoms with van der Waals surface area (Å²) < 4.78 is 0. The van der Waals surface area contributed by atoms with Crippen LogP contribution in [0.2, 0.25) is 0 Å². The SMILES string of the molecule is Cl.Nc1cccc(C(=O)N2CCCC2CC(O)c2ccccc2)c1. The van der Waals surface area contributed by atoms with E-state index in [-0.39, 0.29) is 24.4 Å². The van der Waals surface area contributed by atoms with E-state index < -0.39 is 6.10 Å². The molecule has 2 aromatic rings. The lowest BCUT2D eigenvalue weighted by molar-refractivity contribution is 0.0667. The van der Waals surface area contributed by atoms with E-state index in [9.17, 15) is 9.90 Å². The van der Waals surface area contributed by atoms with Crippen molar-refractivity contribution < 1.29 is 9.90 Å². The quantitative estimate of drug-likeness (QED) is 0.833. The zero-order valence-corrected chi connectivity index (χ0v) is 14.3. The van der Waals surface area contributed by atoms with E-state index >= 15 is 0 Å². The van der Waals surface area contributed by atoms with E-state index in [1.54, 1.807) is 24.3 Å². The Balaban J connectivity index is 0.00000208. The van der Waals surface area contributed by atoms with Crippen LogP contribution in [0.4, 0.5) is 5.69 Å². The molecule has 4 nitrogen and oxygen atoms in total. The minimum Gasteiger partial charge on any atom is -0.399 e. The number of nitrogens with two attached hydrogens (primary N) is 1. The summed E-state index contributed by atoms with van der Waals surface area (Å²) in [5.74, 6) is 0.0000571. The van der Waals surface area contributed by atoms with E-state index in [0.717, 1.165) is 24.9 Å². The molecule has 0 aliphatic carbocycles. The molecule has 0 bridgehead atoms. The molecule has 3 N–H and O–H groups in total. The van der Waals surface area contributed by atoms with E-state index in [1.165, 1.54) is 0 Å². The second-order valence-corrected chi connectivity index (χ2v) is 6.08. The maximum Gasteiger partial charge on any atom is 0.254 e. The minimum atomic E-state index is -0.546. The van der Waals surface area contributed by atoms with Crippen LogP contribution in [0.5, 0.6) is 0 Å². The third kappa shape index (κ3) is 4.08. The number of hydrogen-bond acceptors (Lipinski definition) is 3. The first-order valence-electron chi connectivity index (χ1n) is 8.04. The van der Waals surface area contributed by atoms with Crippen molar-refractivity contribution in [3.05, 3.63) is 65.7 Å². The summed E-state index contributed by atoms with van der Waals surface area (Å²) in [5, 5.41) is 10.4. The van der Waals surface area contributed by atoms with Crippen LogP contribution < -0.4 is 5.73 Å². The number of aliphatic hydroxyl groups is 1. The number of hydrogen-bond donors (Lipinski definition) is 2. The number of nitrogen functional groups attached to an aromatic ring is 1. The molecule has 128 valence electrons. The average molecular weight is 347 g/mol. The number of benzene rings is 2. The van der Waals surface area contributed by atoms with Gasteiger partial charge in [-0.25, -0.2) is 0 Å². The van der Waals surface area contributed by atoms with Gasteiger partial charge in [0.2, 0.25) is 0 Å². The second-order valence-electron chi connectivity index (χ2n) is 6.08. The molecule has 2 unspecified atom stereocenters. The molecule has 1 aliphatic rings. The lowest BCUT2D eigenvalue weighted by Gasteiger charge is -2.27. The molecule has 2 aromatic carbocycles. The molecule has 1 amide bonds. The van der Waals surface area contributed by atoms with Gasteiger partial charge in [-0.1, -0.05) is 36.4 Å². The summed E-state index contributed by atoms with van der Waals surface area (Å²) in [5.41, 5.74) is 7.88. The van der Waals surface area contributed by atoms with Gasteiger partial charge in [-0.05, 0) is 43.0 Å². The van der Waals surface area contributed by atoms with Gasteiger partial charge < -0.3 is 15.7 Å². The number of aliphatic hydroxyl groups excluding tert-OH is 1. The minimum absolute atomic E-state index is 0. The number of amides is 1. The first kappa shape index (κ1) is 18.3. The number of halogens is 1. The van der Waals surface area contributed by atoms with Crippen molar-refractivity contribution in [2.45, 2.75) is 31.4 Å². The van der Waals surface area contributed by atoms with Gasteiger partial charge in [-0.2, -0.15) is 0 Å². The van der Waals surface area contributed by atoms with Crippen molar-refractivity contribution >= 4 is 24.0 Å². The molecule has 0 aromatic heterocycles. The van der Waals surface area contributed by atoms with Gasteiger partial charge in [-0.15, -0.1) is 12.4 Å². The molecule has 1 saturated heterocycles. The molecule has 0 radical (unpaired) electrons. The van der Waals surface area contributed by atoms with Gasteiger partial charge >= 0.3 is 0 Å². The van der Waals surface area contributed by atoms with Gasteiger partial charge in [0.1, 0.15) is 0 Å². The topological polar surface area (TPSA) is 66.6 Å². The highest BCUT2D eigenvalue weighted by molar-refractivity contribution is 5.95. The Bertz CT molecular complexity index is 678. The fraction of sp³-hybridized carbons (Fsp3) is 0.316. The fourth-order valence-corrected chi connectivity index (χ4v) is 3.25. The summed E-state index contributed by atoms with van der Waals surface area (Å²) in [7, 11) is 0. The predicted molar refractivity (Wildman–Crippen MR) is 98.2 cm³/mol. The molecule has 24 heavy (non-hydrogen) atoms. The second kappa shape index (κ2) is 8.18. The molecule has 1 heterocycles. The number of likely N-dealkylation sites (tertiary alicyclic amines) is 1. The molecule has 2 atom stereocenters. The fourth-order valence-electron chi connectivity index (χ4n) is 3.25. The standard InChI is InChI=1S/C19H22N2O2.ClH/c20-16-9-4-8-15(12-16)19(23)21-11-5-10-17(21)13-18(22)14-6-2-1-3-7-14;/h1-4,6-9,12,17-18,22H,5,10-11,13,20H2;1H. The Labute approximate surface area is 148 Å². The van der Waals surface area contributed by atoms with Crippen LogP contribution in [0.15, 0.2) is 54.6 Å². The largest absolute Gasteiger partial charge is 0.399 e. The molecular formula is C19H23ClN2O2. The lowest BCUT2D eigenvalue weighted by atomic mass is 10.00. The Morgan fingerprint density at radius 2 is 1.96 bits per heavy atom. The van der Waals surface area contributed by atoms with E-state index in [1.807, 2.05) is 35.2 Å². The highest BCUT2D eigenvalue weighted by Crippen LogP contribution is 2.28. The van der Waals surface area contributed by atoms with Crippen molar-refractivity contribution in [2.75, 3.05) is 12.3 Å². The first-order chi connectivity index (χ1) is 11.1. The molecule has 0 spiro atoms. The van der Waals surface area contributed by atoms with Gasteiger partial charge in [0.05, 0.1) is 6.10 Å². The Morgan fingerprint density at radius 1 is 1.21 bits per heavy atom. The molecule has 1 fully saturated rings. The van der Waals surface area contributed by atoms with Gasteiger partial charge in [0.25, 0.3) is 5.91 Å². The number of carbonyl (C=O) groups excluding carboxylic acids is 1. The zero-order valence-electron chi connectivity index (χ0n) is 13.5. The van der Waals surface area contributed by atoms with Crippen LogP contribution in [0.3, 0.4) is 0 Å². The number of anilines is 1. The molecular weight excluding hydrogens is 324 g/mol. The van der Waals surface area contributed by atoms with Crippen molar-refractivity contribution in [1.82, 2.24) is 4.90 Å². The third-order valence-electron chi connectivity index (χ3n) is 4.45. The Morgan fingerprint density at radius 3 is 2.67 bits per heavy atom. The highest BCUT2D eigenvalue weighted by Gasteiger charge is 2.31. The zero-order chi connectivity index (χ0) is 16.2. The van der Waals surface area contributed by atoms with E-state index in [2.05, 4.69) is 0 Å². The maximum absolute atomic E-state index is 12.7. The Hall–Kier alpha value is -2.04. The van der Waals surface area contributed by atoms with Crippen LogP contribution in [0.25, 0.3) is 0 Å². The summed E-state index contributed by atoms with van der Waals surface area (Å²) in [6, 6.07) is 16.8. The Kier molecular flexibility index (Phi) is 6.23. The number of carbonyl (C=O) groups is 1. The van der Waals surface area contributed by atoms with Crippen LogP contribution in [-0.2, 0) is 0 Å². The monoisotopic (exact) mass is 346 g/mol. The van der Waals surface area contributed by atoms with Crippen molar-refractivity contribution in [2.24, 2.45) is 0 Å². The van der Waals surface area contributed by atoms with Crippen LogP contribution in [0.1, 0.15) is 41.3 Å². The van der Waals surface area contributed by atoms with Crippen molar-refractivity contribution in [3.8, 4) is 0 Å². The highest BCUT2D eigenvalue weighted by atomic mass is 35.5. The predicted octanol–water partition coefficient (Wildman–Crippen LogP) is 3.42. The summed E-state index contributed by atoms with van der Waals surface area (Å²) in [6.45, 7) is 0.736. The van der Waals surface area contributed by atoms with Crippen LogP contribution >= 0.6 is 12.4 Å². The maximum atomic E-state index is 12.7. The molecule has 1 aliphatic heterocycles. The molecule has 0 saturated carbocycles. The van der Waals surface area contributed by atoms with Crippen LogP contribution in [0, 0.1) is 0 Å². The number of rotatable bonds is 4.